The van der Waals surface area contributed by atoms with Gasteiger partial charge in [0.2, 0.25) is 0 Å². The monoisotopic (exact) mass is 396 g/mol. The highest BCUT2D eigenvalue weighted by atomic mass is 35.5. The molecule has 2 aromatic rings. The Labute approximate surface area is 159 Å². The van der Waals surface area contributed by atoms with Crippen molar-refractivity contribution in [3.63, 3.8) is 0 Å². The van der Waals surface area contributed by atoms with Crippen LogP contribution in [0.5, 0.6) is 0 Å². The molecule has 1 fully saturated rings. The maximum atomic E-state index is 11.6. The Morgan fingerprint density at radius 1 is 1.36 bits per heavy atom. The first-order chi connectivity index (χ1) is 12.0. The zero-order chi connectivity index (χ0) is 17.8. The summed E-state index contributed by atoms with van der Waals surface area (Å²) in [4.78, 5) is 18.0. The van der Waals surface area contributed by atoms with Gasteiger partial charge < -0.3 is 10.2 Å². The van der Waals surface area contributed by atoms with Crippen LogP contribution in [-0.4, -0.2) is 28.7 Å². The first kappa shape index (κ1) is 17.8. The number of rotatable bonds is 5. The van der Waals surface area contributed by atoms with Gasteiger partial charge in [-0.2, -0.15) is 0 Å². The maximum Gasteiger partial charge on any atom is 0.296 e. The molecule has 0 unspecified atom stereocenters. The van der Waals surface area contributed by atoms with E-state index in [2.05, 4.69) is 10.3 Å². The molecule has 2 heterocycles. The van der Waals surface area contributed by atoms with E-state index in [9.17, 15) is 10.1 Å². The minimum absolute atomic E-state index is 0.109. The fourth-order valence-corrected chi connectivity index (χ4v) is 3.75. The second-order valence-electron chi connectivity index (χ2n) is 5.22. The Morgan fingerprint density at radius 3 is 2.88 bits per heavy atom. The van der Waals surface area contributed by atoms with Crippen molar-refractivity contribution in [3.8, 4) is 0 Å². The lowest BCUT2D eigenvalue weighted by Crippen LogP contribution is -2.24. The van der Waals surface area contributed by atoms with Gasteiger partial charge in [-0.05, 0) is 30.3 Å². The molecule has 0 amide bonds. The molecule has 3 rings (SSSR count). The number of nitrogens with zero attached hydrogens (tertiary/aromatic N) is 3. The van der Waals surface area contributed by atoms with Crippen LogP contribution in [0.15, 0.2) is 59.0 Å². The Bertz CT molecular complexity index is 814. The van der Waals surface area contributed by atoms with E-state index in [0.717, 1.165) is 10.6 Å². The zero-order valence-electron chi connectivity index (χ0n) is 13.0. The molecule has 1 aliphatic rings. The summed E-state index contributed by atoms with van der Waals surface area (Å²) in [6, 6.07) is 10.7. The van der Waals surface area contributed by atoms with Gasteiger partial charge in [-0.1, -0.05) is 29.3 Å². The molecule has 9 heteroatoms. The van der Waals surface area contributed by atoms with Crippen LogP contribution >= 0.6 is 35.0 Å². The fourth-order valence-electron chi connectivity index (χ4n) is 2.45. The molecule has 1 aromatic heterocycles. The van der Waals surface area contributed by atoms with E-state index < -0.39 is 0 Å². The molecule has 0 aliphatic carbocycles. The van der Waals surface area contributed by atoms with E-state index >= 15 is 0 Å². The molecule has 1 saturated heterocycles. The van der Waals surface area contributed by atoms with E-state index in [1.807, 2.05) is 17.0 Å². The summed E-state index contributed by atoms with van der Waals surface area (Å²) in [5.74, 6) is 0.705. The molecule has 6 nitrogen and oxygen atoms in total. The SMILES string of the molecule is O=[N+]([O-])/C(CSc1cccc(Cl)c1)=C1/NCCN1c1ccc(Cl)nc1. The van der Waals surface area contributed by atoms with Gasteiger partial charge in [-0.15, -0.1) is 11.8 Å². The van der Waals surface area contributed by atoms with Crippen molar-refractivity contribution in [2.24, 2.45) is 0 Å². The van der Waals surface area contributed by atoms with E-state index in [1.165, 1.54) is 11.8 Å². The molecular weight excluding hydrogens is 383 g/mol. The molecular formula is C16H14Cl2N4O2S. The number of nitrogens with one attached hydrogen (secondary N) is 1. The van der Waals surface area contributed by atoms with Crippen LogP contribution in [0.1, 0.15) is 0 Å². The first-order valence-corrected chi connectivity index (χ1v) is 9.17. The van der Waals surface area contributed by atoms with Crippen LogP contribution in [0.25, 0.3) is 0 Å². The van der Waals surface area contributed by atoms with Crippen LogP contribution in [0, 0.1) is 10.1 Å². The fraction of sp³-hybridized carbons (Fsp3) is 0.188. The van der Waals surface area contributed by atoms with Crippen LogP contribution in [-0.2, 0) is 0 Å². The smallest absolute Gasteiger partial charge is 0.296 e. The molecule has 0 atom stereocenters. The molecule has 25 heavy (non-hydrogen) atoms. The van der Waals surface area contributed by atoms with Crippen molar-refractivity contribution in [3.05, 3.63) is 74.4 Å². The molecule has 0 radical (unpaired) electrons. The number of thioether (sulfide) groups is 1. The second-order valence-corrected chi connectivity index (χ2v) is 7.09. The van der Waals surface area contributed by atoms with Gasteiger partial charge in [0, 0.05) is 23.0 Å². The average molecular weight is 397 g/mol. The van der Waals surface area contributed by atoms with E-state index in [0.29, 0.717) is 29.1 Å². The Morgan fingerprint density at radius 2 is 2.20 bits per heavy atom. The van der Waals surface area contributed by atoms with Gasteiger partial charge in [-0.3, -0.25) is 10.1 Å². The third-order valence-electron chi connectivity index (χ3n) is 3.59. The summed E-state index contributed by atoms with van der Waals surface area (Å²) in [6.45, 7) is 1.24. The molecule has 1 N–H and O–H groups in total. The van der Waals surface area contributed by atoms with Gasteiger partial charge >= 0.3 is 0 Å². The predicted molar refractivity (Wildman–Crippen MR) is 101 cm³/mol. The van der Waals surface area contributed by atoms with Crippen molar-refractivity contribution >= 4 is 40.7 Å². The van der Waals surface area contributed by atoms with Crippen LogP contribution < -0.4 is 10.2 Å². The number of aromatic nitrogens is 1. The van der Waals surface area contributed by atoms with E-state index in [4.69, 9.17) is 23.2 Å². The molecule has 0 bridgehead atoms. The van der Waals surface area contributed by atoms with Crippen molar-refractivity contribution < 1.29 is 4.92 Å². The van der Waals surface area contributed by atoms with Gasteiger partial charge in [0.05, 0.1) is 22.6 Å². The standard InChI is InChI=1S/C16H14Cl2N4O2S/c17-11-2-1-3-13(8-11)25-10-14(22(23)24)16-19-6-7-21(16)12-4-5-15(18)20-9-12/h1-5,8-9,19H,6-7,10H2/b16-14-. The number of pyridine rings is 1. The van der Waals surface area contributed by atoms with Crippen molar-refractivity contribution in [1.82, 2.24) is 10.3 Å². The number of benzene rings is 1. The molecule has 1 aliphatic heterocycles. The summed E-state index contributed by atoms with van der Waals surface area (Å²) >= 11 is 13.2. The van der Waals surface area contributed by atoms with E-state index in [-0.39, 0.29) is 16.4 Å². The normalized spacial score (nSPS) is 15.8. The third-order valence-corrected chi connectivity index (χ3v) is 5.05. The van der Waals surface area contributed by atoms with Gasteiger partial charge in [0.25, 0.3) is 5.70 Å². The highest BCUT2D eigenvalue weighted by molar-refractivity contribution is 7.99. The first-order valence-electron chi connectivity index (χ1n) is 7.43. The van der Waals surface area contributed by atoms with Crippen LogP contribution in [0.2, 0.25) is 10.2 Å². The van der Waals surface area contributed by atoms with Crippen molar-refractivity contribution in [1.29, 1.82) is 0 Å². The quantitative estimate of drug-likeness (QED) is 0.356. The van der Waals surface area contributed by atoms with Gasteiger partial charge in [0.15, 0.2) is 5.82 Å². The number of nitro groups is 1. The lowest BCUT2D eigenvalue weighted by Gasteiger charge is -2.18. The van der Waals surface area contributed by atoms with Crippen LogP contribution in [0.4, 0.5) is 5.69 Å². The average Bonchev–Trinajstić information content (AvgIpc) is 3.05. The second kappa shape index (κ2) is 7.95. The summed E-state index contributed by atoms with van der Waals surface area (Å²) in [7, 11) is 0. The lowest BCUT2D eigenvalue weighted by molar-refractivity contribution is -0.425. The lowest BCUT2D eigenvalue weighted by atomic mass is 10.3. The van der Waals surface area contributed by atoms with Gasteiger partial charge in [-0.25, -0.2) is 4.98 Å². The minimum atomic E-state index is -0.346. The topological polar surface area (TPSA) is 71.3 Å². The molecule has 1 aromatic carbocycles. The zero-order valence-corrected chi connectivity index (χ0v) is 15.3. The number of halogens is 2. The largest absolute Gasteiger partial charge is 0.364 e. The third kappa shape index (κ3) is 4.36. The molecule has 0 saturated carbocycles. The highest BCUT2D eigenvalue weighted by Crippen LogP contribution is 2.28. The van der Waals surface area contributed by atoms with Crippen LogP contribution in [0.3, 0.4) is 0 Å². The Kier molecular flexibility index (Phi) is 5.67. The van der Waals surface area contributed by atoms with Crippen molar-refractivity contribution in [2.75, 3.05) is 23.7 Å². The predicted octanol–water partition coefficient (Wildman–Crippen LogP) is 4.04. The summed E-state index contributed by atoms with van der Waals surface area (Å²) in [5.41, 5.74) is 0.869. The maximum absolute atomic E-state index is 11.6. The Balaban J connectivity index is 1.86. The molecule has 0 spiro atoms. The minimum Gasteiger partial charge on any atom is -0.364 e. The Hall–Kier alpha value is -1.96. The van der Waals surface area contributed by atoms with Gasteiger partial charge in [0.1, 0.15) is 5.15 Å². The highest BCUT2D eigenvalue weighted by Gasteiger charge is 2.29. The summed E-state index contributed by atoms with van der Waals surface area (Å²) in [6.07, 6.45) is 1.61. The molecule has 130 valence electrons. The summed E-state index contributed by atoms with van der Waals surface area (Å²) < 4.78 is 0. The van der Waals surface area contributed by atoms with E-state index in [1.54, 1.807) is 30.5 Å². The van der Waals surface area contributed by atoms with Crippen molar-refractivity contribution in [2.45, 2.75) is 4.90 Å². The number of anilines is 1. The number of hydrogen-bond donors (Lipinski definition) is 1. The number of hydrogen-bond acceptors (Lipinski definition) is 6. The summed E-state index contributed by atoms with van der Waals surface area (Å²) in [5, 5.41) is 15.7.